The number of rotatable bonds is 3. The van der Waals surface area contributed by atoms with Gasteiger partial charge in [-0.05, 0) is 25.7 Å². The highest BCUT2D eigenvalue weighted by molar-refractivity contribution is 5.91. The van der Waals surface area contributed by atoms with Crippen LogP contribution in [-0.2, 0) is 11.3 Å². The Bertz CT molecular complexity index is 470. The van der Waals surface area contributed by atoms with Crippen molar-refractivity contribution in [2.75, 3.05) is 5.73 Å². The molecule has 96 valence electrons. The van der Waals surface area contributed by atoms with Crippen LogP contribution in [0.5, 0.6) is 0 Å². The largest absolute Gasteiger partial charge is 0.458 e. The number of nitriles is 1. The molecule has 1 saturated carbocycles. The molecule has 0 atom stereocenters. The lowest BCUT2D eigenvalue weighted by Gasteiger charge is -2.21. The molecule has 1 aliphatic rings. The molecule has 2 rings (SSSR count). The van der Waals surface area contributed by atoms with Crippen LogP contribution in [0, 0.1) is 11.3 Å². The van der Waals surface area contributed by atoms with Gasteiger partial charge in [0.25, 0.3) is 0 Å². The smallest absolute Gasteiger partial charge is 0.363 e. The quantitative estimate of drug-likeness (QED) is 0.796. The first-order valence-corrected chi connectivity index (χ1v) is 5.99. The lowest BCUT2D eigenvalue weighted by Crippen LogP contribution is -2.21. The van der Waals surface area contributed by atoms with Crippen LogP contribution < -0.4 is 5.73 Å². The molecule has 1 aliphatic carbocycles. The summed E-state index contributed by atoms with van der Waals surface area (Å²) >= 11 is 0. The summed E-state index contributed by atoms with van der Waals surface area (Å²) in [5.41, 5.74) is 5.68. The van der Waals surface area contributed by atoms with Gasteiger partial charge in [0, 0.05) is 0 Å². The molecular formula is C11H15N5O2. The van der Waals surface area contributed by atoms with E-state index in [1.165, 1.54) is 11.1 Å². The van der Waals surface area contributed by atoms with Gasteiger partial charge in [0.15, 0.2) is 5.82 Å². The number of ether oxygens (including phenoxy) is 1. The monoisotopic (exact) mass is 249 g/mol. The van der Waals surface area contributed by atoms with E-state index in [4.69, 9.17) is 15.7 Å². The van der Waals surface area contributed by atoms with Crippen molar-refractivity contribution in [3.8, 4) is 6.07 Å². The van der Waals surface area contributed by atoms with Crippen LogP contribution in [0.25, 0.3) is 0 Å². The van der Waals surface area contributed by atoms with Gasteiger partial charge in [-0.3, -0.25) is 0 Å². The molecule has 0 radical (unpaired) electrons. The maximum atomic E-state index is 11.9. The van der Waals surface area contributed by atoms with Crippen molar-refractivity contribution >= 4 is 11.8 Å². The first-order chi connectivity index (χ1) is 8.72. The van der Waals surface area contributed by atoms with Crippen molar-refractivity contribution in [3.63, 3.8) is 0 Å². The summed E-state index contributed by atoms with van der Waals surface area (Å²) in [5, 5.41) is 15.8. The van der Waals surface area contributed by atoms with Crippen molar-refractivity contribution in [2.45, 2.75) is 44.8 Å². The van der Waals surface area contributed by atoms with Crippen molar-refractivity contribution < 1.29 is 9.53 Å². The van der Waals surface area contributed by atoms with Gasteiger partial charge < -0.3 is 10.5 Å². The minimum atomic E-state index is -0.552. The predicted octanol–water partition coefficient (Wildman–Crippen LogP) is 0.873. The zero-order valence-corrected chi connectivity index (χ0v) is 10.0. The highest BCUT2D eigenvalue weighted by Crippen LogP contribution is 2.21. The maximum Gasteiger partial charge on any atom is 0.363 e. The number of anilines is 1. The van der Waals surface area contributed by atoms with E-state index >= 15 is 0 Å². The molecule has 0 bridgehead atoms. The van der Waals surface area contributed by atoms with Crippen LogP contribution in [0.4, 0.5) is 5.82 Å². The van der Waals surface area contributed by atoms with Crippen LogP contribution in [0.15, 0.2) is 0 Å². The van der Waals surface area contributed by atoms with Gasteiger partial charge >= 0.3 is 5.97 Å². The second kappa shape index (κ2) is 5.49. The molecule has 1 fully saturated rings. The minimum absolute atomic E-state index is 0.00387. The van der Waals surface area contributed by atoms with Crippen LogP contribution >= 0.6 is 0 Å². The Morgan fingerprint density at radius 3 is 2.89 bits per heavy atom. The number of nitrogen functional groups attached to an aromatic ring is 1. The van der Waals surface area contributed by atoms with Gasteiger partial charge in [0.1, 0.15) is 12.6 Å². The zero-order chi connectivity index (χ0) is 13.0. The number of hydrogen-bond acceptors (Lipinski definition) is 6. The third kappa shape index (κ3) is 2.59. The second-order valence-corrected chi connectivity index (χ2v) is 4.30. The highest BCUT2D eigenvalue weighted by Gasteiger charge is 2.23. The van der Waals surface area contributed by atoms with E-state index in [9.17, 15) is 4.79 Å². The van der Waals surface area contributed by atoms with E-state index in [1.807, 2.05) is 6.07 Å². The van der Waals surface area contributed by atoms with Crippen LogP contribution in [0.2, 0.25) is 0 Å². The molecule has 0 unspecified atom stereocenters. The number of hydrogen-bond donors (Lipinski definition) is 1. The average molecular weight is 249 g/mol. The fourth-order valence-electron chi connectivity index (χ4n) is 2.04. The summed E-state index contributed by atoms with van der Waals surface area (Å²) in [7, 11) is 0. The first-order valence-electron chi connectivity index (χ1n) is 5.99. The summed E-state index contributed by atoms with van der Waals surface area (Å²) in [6.45, 7) is -0.0322. The lowest BCUT2D eigenvalue weighted by atomic mass is 9.98. The molecule has 0 aromatic carbocycles. The number of esters is 1. The van der Waals surface area contributed by atoms with Gasteiger partial charge in [0.05, 0.1) is 6.07 Å². The van der Waals surface area contributed by atoms with E-state index in [-0.39, 0.29) is 24.2 Å². The third-order valence-corrected chi connectivity index (χ3v) is 3.01. The average Bonchev–Trinajstić information content (AvgIpc) is 2.73. The molecular weight excluding hydrogens is 234 g/mol. The summed E-state index contributed by atoms with van der Waals surface area (Å²) in [4.78, 5) is 11.9. The standard InChI is InChI=1S/C11H15N5O2/c12-6-7-16-10(13)9(14-15-16)11(17)18-8-4-2-1-3-5-8/h8H,1-5,7,13H2. The third-order valence-electron chi connectivity index (χ3n) is 3.01. The fraction of sp³-hybridized carbons (Fsp3) is 0.636. The number of nitrogens with two attached hydrogens (primary N) is 1. The highest BCUT2D eigenvalue weighted by atomic mass is 16.5. The van der Waals surface area contributed by atoms with E-state index in [1.54, 1.807) is 0 Å². The Morgan fingerprint density at radius 1 is 1.50 bits per heavy atom. The normalized spacial score (nSPS) is 16.2. The summed E-state index contributed by atoms with van der Waals surface area (Å²) in [6, 6.07) is 1.89. The molecule has 7 nitrogen and oxygen atoms in total. The van der Waals surface area contributed by atoms with Crippen LogP contribution in [-0.4, -0.2) is 27.1 Å². The van der Waals surface area contributed by atoms with E-state index in [2.05, 4.69) is 10.3 Å². The van der Waals surface area contributed by atoms with E-state index < -0.39 is 5.97 Å². The number of carbonyl (C=O) groups is 1. The zero-order valence-electron chi connectivity index (χ0n) is 10.0. The topological polar surface area (TPSA) is 107 Å². The van der Waals surface area contributed by atoms with Crippen molar-refractivity contribution in [1.29, 1.82) is 5.26 Å². The predicted molar refractivity (Wildman–Crippen MR) is 62.3 cm³/mol. The van der Waals surface area contributed by atoms with E-state index in [0.717, 1.165) is 25.7 Å². The molecule has 1 aromatic rings. The second-order valence-electron chi connectivity index (χ2n) is 4.30. The minimum Gasteiger partial charge on any atom is -0.458 e. The van der Waals surface area contributed by atoms with Gasteiger partial charge in [-0.2, -0.15) is 5.26 Å². The Balaban J connectivity index is 2.02. The Labute approximate surface area is 105 Å². The SMILES string of the molecule is N#CCn1nnc(C(=O)OC2CCCCC2)c1N. The Hall–Kier alpha value is -2.10. The maximum absolute atomic E-state index is 11.9. The van der Waals surface area contributed by atoms with Crippen LogP contribution in [0.3, 0.4) is 0 Å². The molecule has 0 spiro atoms. The van der Waals surface area contributed by atoms with Crippen molar-refractivity contribution in [1.82, 2.24) is 15.0 Å². The lowest BCUT2D eigenvalue weighted by molar-refractivity contribution is 0.0205. The van der Waals surface area contributed by atoms with Gasteiger partial charge in [-0.25, -0.2) is 9.48 Å². The van der Waals surface area contributed by atoms with Crippen LogP contribution in [0.1, 0.15) is 42.6 Å². The summed E-state index contributed by atoms with van der Waals surface area (Å²) < 4.78 is 6.51. The number of carbonyl (C=O) groups excluding carboxylic acids is 1. The molecule has 7 heteroatoms. The molecule has 1 heterocycles. The molecule has 2 N–H and O–H groups in total. The summed E-state index contributed by atoms with van der Waals surface area (Å²) in [5.74, 6) is -0.471. The van der Waals surface area contributed by atoms with Gasteiger partial charge in [-0.15, -0.1) is 5.10 Å². The van der Waals surface area contributed by atoms with E-state index in [0.29, 0.717) is 0 Å². The van der Waals surface area contributed by atoms with Crippen molar-refractivity contribution in [3.05, 3.63) is 5.69 Å². The molecule has 1 aromatic heterocycles. The summed E-state index contributed by atoms with van der Waals surface area (Å²) in [6.07, 6.45) is 5.07. The fourth-order valence-corrected chi connectivity index (χ4v) is 2.04. The Morgan fingerprint density at radius 2 is 2.22 bits per heavy atom. The van der Waals surface area contributed by atoms with Crippen molar-refractivity contribution in [2.24, 2.45) is 0 Å². The number of nitrogens with zero attached hydrogens (tertiary/aromatic N) is 4. The first kappa shape index (κ1) is 12.4. The molecule has 0 amide bonds. The molecule has 0 aliphatic heterocycles. The molecule has 18 heavy (non-hydrogen) atoms. The Kier molecular flexibility index (Phi) is 3.77. The molecule has 0 saturated heterocycles. The number of aromatic nitrogens is 3. The van der Waals surface area contributed by atoms with Gasteiger partial charge in [-0.1, -0.05) is 11.6 Å². The van der Waals surface area contributed by atoms with Gasteiger partial charge in [0.2, 0.25) is 5.69 Å².